The molecular formula is C13H18ClNO2. The predicted octanol–water partition coefficient (Wildman–Crippen LogP) is 2.83. The van der Waals surface area contributed by atoms with Crippen LogP contribution >= 0.6 is 11.6 Å². The van der Waals surface area contributed by atoms with Crippen molar-refractivity contribution in [2.45, 2.75) is 32.9 Å². The number of rotatable bonds is 5. The van der Waals surface area contributed by atoms with Crippen molar-refractivity contribution < 1.29 is 9.53 Å². The molecule has 1 aromatic rings. The highest BCUT2D eigenvalue weighted by Gasteiger charge is 2.08. The van der Waals surface area contributed by atoms with Gasteiger partial charge in [-0.2, -0.15) is 0 Å². The Bertz CT molecular complexity index is 362. The van der Waals surface area contributed by atoms with Crippen LogP contribution in [0.2, 0.25) is 0 Å². The zero-order chi connectivity index (χ0) is 12.8. The van der Waals surface area contributed by atoms with Crippen molar-refractivity contribution in [1.82, 2.24) is 5.32 Å². The third-order valence-electron chi connectivity index (χ3n) is 2.10. The normalized spacial score (nSPS) is 12.3. The zero-order valence-corrected chi connectivity index (χ0v) is 11.1. The molecule has 0 heterocycles. The van der Waals surface area contributed by atoms with Crippen molar-refractivity contribution in [2.24, 2.45) is 0 Å². The maximum absolute atomic E-state index is 11.7. The fraction of sp³-hybridized carbons (Fsp3) is 0.462. The topological polar surface area (TPSA) is 38.3 Å². The van der Waals surface area contributed by atoms with Gasteiger partial charge in [0.25, 0.3) is 5.91 Å². The molecule has 0 aromatic heterocycles. The number of amides is 1. The average molecular weight is 256 g/mol. The highest BCUT2D eigenvalue weighted by Crippen LogP contribution is 2.13. The fourth-order valence-electron chi connectivity index (χ4n) is 1.30. The van der Waals surface area contributed by atoms with Gasteiger partial charge in [-0.1, -0.05) is 0 Å². The second kappa shape index (κ2) is 6.50. The first-order valence-corrected chi connectivity index (χ1v) is 6.20. The zero-order valence-electron chi connectivity index (χ0n) is 10.4. The molecule has 3 nitrogen and oxygen atoms in total. The van der Waals surface area contributed by atoms with Crippen LogP contribution in [0.25, 0.3) is 0 Å². The predicted molar refractivity (Wildman–Crippen MR) is 69.9 cm³/mol. The molecule has 0 bridgehead atoms. The van der Waals surface area contributed by atoms with E-state index in [1.807, 2.05) is 20.8 Å². The van der Waals surface area contributed by atoms with Crippen molar-refractivity contribution in [1.29, 1.82) is 0 Å². The van der Waals surface area contributed by atoms with Crippen LogP contribution in [-0.4, -0.2) is 23.9 Å². The molecule has 1 rings (SSSR count). The molecule has 1 N–H and O–H groups in total. The molecule has 0 aliphatic rings. The first-order valence-electron chi connectivity index (χ1n) is 5.66. The lowest BCUT2D eigenvalue weighted by Crippen LogP contribution is -2.33. The minimum atomic E-state index is -0.116. The molecule has 0 aliphatic carbocycles. The van der Waals surface area contributed by atoms with E-state index in [2.05, 4.69) is 5.32 Å². The molecule has 4 heteroatoms. The number of benzene rings is 1. The van der Waals surface area contributed by atoms with E-state index in [1.165, 1.54) is 0 Å². The number of carbonyl (C=O) groups is 1. The summed E-state index contributed by atoms with van der Waals surface area (Å²) < 4.78 is 5.50. The van der Waals surface area contributed by atoms with Crippen molar-refractivity contribution in [3.05, 3.63) is 29.8 Å². The summed E-state index contributed by atoms with van der Waals surface area (Å²) in [7, 11) is 0. The Morgan fingerprint density at radius 3 is 2.35 bits per heavy atom. The maximum atomic E-state index is 11.7. The third-order valence-corrected chi connectivity index (χ3v) is 2.56. The summed E-state index contributed by atoms with van der Waals surface area (Å²) in [6, 6.07) is 7.04. The molecule has 1 aromatic carbocycles. The number of ether oxygens (including phenoxy) is 1. The Kier molecular flexibility index (Phi) is 5.29. The summed E-state index contributed by atoms with van der Waals surface area (Å²) in [5.41, 5.74) is 0.609. The molecule has 1 amide bonds. The molecule has 1 atom stereocenters. The lowest BCUT2D eigenvalue weighted by atomic mass is 10.2. The Balaban J connectivity index is 2.64. The van der Waals surface area contributed by atoms with Crippen LogP contribution in [0.1, 0.15) is 31.1 Å². The highest BCUT2D eigenvalue weighted by atomic mass is 35.5. The van der Waals surface area contributed by atoms with Gasteiger partial charge in [-0.15, -0.1) is 11.6 Å². The Hall–Kier alpha value is -1.22. The molecule has 94 valence electrons. The van der Waals surface area contributed by atoms with Crippen molar-refractivity contribution in [3.8, 4) is 5.75 Å². The lowest BCUT2D eigenvalue weighted by Gasteiger charge is -2.12. The molecule has 17 heavy (non-hydrogen) atoms. The van der Waals surface area contributed by atoms with Crippen LogP contribution in [0.3, 0.4) is 0 Å². The van der Waals surface area contributed by atoms with Gasteiger partial charge in [-0.05, 0) is 45.0 Å². The van der Waals surface area contributed by atoms with E-state index in [4.69, 9.17) is 16.3 Å². The lowest BCUT2D eigenvalue weighted by molar-refractivity contribution is 0.0943. The standard InChI is InChI=1S/C13H18ClNO2/c1-9(2)17-12-6-4-11(5-7-12)13(16)15-10(3)8-14/h4-7,9-10H,8H2,1-3H3,(H,15,16). The SMILES string of the molecule is CC(CCl)NC(=O)c1ccc(OC(C)C)cc1. The average Bonchev–Trinajstić information content (AvgIpc) is 2.28. The van der Waals surface area contributed by atoms with Crippen molar-refractivity contribution in [3.63, 3.8) is 0 Å². The summed E-state index contributed by atoms with van der Waals surface area (Å²) in [5, 5.41) is 2.79. The van der Waals surface area contributed by atoms with E-state index < -0.39 is 0 Å². The van der Waals surface area contributed by atoms with E-state index in [9.17, 15) is 4.79 Å². The molecular weight excluding hydrogens is 238 g/mol. The summed E-state index contributed by atoms with van der Waals surface area (Å²) in [6.45, 7) is 5.78. The molecule has 0 radical (unpaired) electrons. The number of carbonyl (C=O) groups excluding carboxylic acids is 1. The minimum absolute atomic E-state index is 0.0317. The maximum Gasteiger partial charge on any atom is 0.251 e. The smallest absolute Gasteiger partial charge is 0.251 e. The van der Waals surface area contributed by atoms with E-state index in [-0.39, 0.29) is 18.1 Å². The van der Waals surface area contributed by atoms with Gasteiger partial charge in [0, 0.05) is 17.5 Å². The quantitative estimate of drug-likeness (QED) is 0.822. The summed E-state index contributed by atoms with van der Waals surface area (Å²) in [5.74, 6) is 1.05. The van der Waals surface area contributed by atoms with E-state index >= 15 is 0 Å². The van der Waals surface area contributed by atoms with E-state index in [0.29, 0.717) is 11.4 Å². The Morgan fingerprint density at radius 2 is 1.88 bits per heavy atom. The Morgan fingerprint density at radius 1 is 1.29 bits per heavy atom. The van der Waals surface area contributed by atoms with Crippen molar-refractivity contribution >= 4 is 17.5 Å². The van der Waals surface area contributed by atoms with Crippen LogP contribution in [0.15, 0.2) is 24.3 Å². The van der Waals surface area contributed by atoms with Gasteiger partial charge in [0.2, 0.25) is 0 Å². The van der Waals surface area contributed by atoms with Gasteiger partial charge in [-0.25, -0.2) is 0 Å². The molecule has 0 saturated carbocycles. The first kappa shape index (κ1) is 13.8. The van der Waals surface area contributed by atoms with Crippen LogP contribution in [-0.2, 0) is 0 Å². The number of alkyl halides is 1. The largest absolute Gasteiger partial charge is 0.491 e. The van der Waals surface area contributed by atoms with E-state index in [1.54, 1.807) is 24.3 Å². The Labute approximate surface area is 107 Å². The van der Waals surface area contributed by atoms with Gasteiger partial charge in [-0.3, -0.25) is 4.79 Å². The second-order valence-corrected chi connectivity index (χ2v) is 4.53. The molecule has 0 aliphatic heterocycles. The van der Waals surface area contributed by atoms with Gasteiger partial charge < -0.3 is 10.1 Å². The monoisotopic (exact) mass is 255 g/mol. The second-order valence-electron chi connectivity index (χ2n) is 4.22. The number of halogens is 1. The number of hydrogen-bond acceptors (Lipinski definition) is 2. The van der Waals surface area contributed by atoms with E-state index in [0.717, 1.165) is 5.75 Å². The first-order chi connectivity index (χ1) is 8.02. The third kappa shape index (κ3) is 4.65. The minimum Gasteiger partial charge on any atom is -0.491 e. The molecule has 0 spiro atoms. The van der Waals surface area contributed by atoms with Gasteiger partial charge in [0.15, 0.2) is 0 Å². The van der Waals surface area contributed by atoms with Crippen LogP contribution in [0.5, 0.6) is 5.75 Å². The van der Waals surface area contributed by atoms with Crippen molar-refractivity contribution in [2.75, 3.05) is 5.88 Å². The number of nitrogens with one attached hydrogen (secondary N) is 1. The molecule has 0 fully saturated rings. The van der Waals surface area contributed by atoms with Gasteiger partial charge >= 0.3 is 0 Å². The summed E-state index contributed by atoms with van der Waals surface area (Å²) in [6.07, 6.45) is 0.131. The van der Waals surface area contributed by atoms with Gasteiger partial charge in [0.05, 0.1) is 6.10 Å². The van der Waals surface area contributed by atoms with Gasteiger partial charge in [0.1, 0.15) is 5.75 Å². The van der Waals surface area contributed by atoms with Crippen LogP contribution < -0.4 is 10.1 Å². The fourth-order valence-corrected chi connectivity index (χ4v) is 1.38. The summed E-state index contributed by atoms with van der Waals surface area (Å²) in [4.78, 5) is 11.7. The molecule has 1 unspecified atom stereocenters. The highest BCUT2D eigenvalue weighted by molar-refractivity contribution is 6.18. The summed E-state index contributed by atoms with van der Waals surface area (Å²) >= 11 is 5.63. The van der Waals surface area contributed by atoms with Crippen LogP contribution in [0, 0.1) is 0 Å². The number of hydrogen-bond donors (Lipinski definition) is 1. The molecule has 0 saturated heterocycles. The van der Waals surface area contributed by atoms with Crippen LogP contribution in [0.4, 0.5) is 0 Å².